The molecule has 0 radical (unpaired) electrons. The Balaban J connectivity index is 0. The van der Waals surface area contributed by atoms with Crippen molar-refractivity contribution in [2.75, 3.05) is 24.2 Å². The molecule has 0 heterocycles. The Morgan fingerprint density at radius 3 is 1.76 bits per heavy atom. The standard InChI is InChI=1S/C25H43NO5S.Na.H/c1-2-3-4-5-6-7-8-9-10-11-12-13-14-15-20-26-24-18-16-23(17-19-24)25(27)31-21-22-32(28,29)30;;/h16-19,26H,2-15,20-22H2,1H3,(H,28,29,30);;/q;+1;-1. The SMILES string of the molecule is CCCCCCCCCCCCCCCCNc1ccc(C(=O)OCCS(=O)(=O)O)cc1.[H-].[Na+]. The van der Waals surface area contributed by atoms with Crippen molar-refractivity contribution in [1.82, 2.24) is 0 Å². The second kappa shape index (κ2) is 20.7. The van der Waals surface area contributed by atoms with Crippen LogP contribution in [0.5, 0.6) is 0 Å². The summed E-state index contributed by atoms with van der Waals surface area (Å²) >= 11 is 0. The summed E-state index contributed by atoms with van der Waals surface area (Å²) in [5.74, 6) is -1.20. The molecule has 6 nitrogen and oxygen atoms in total. The van der Waals surface area contributed by atoms with Gasteiger partial charge in [-0.25, -0.2) is 4.79 Å². The Morgan fingerprint density at radius 2 is 1.30 bits per heavy atom. The Hall–Kier alpha value is -0.600. The molecule has 0 amide bonds. The van der Waals surface area contributed by atoms with Crippen LogP contribution in [-0.4, -0.2) is 37.8 Å². The van der Waals surface area contributed by atoms with Crippen LogP contribution in [0.4, 0.5) is 5.69 Å². The van der Waals surface area contributed by atoms with Crippen molar-refractivity contribution in [2.24, 2.45) is 0 Å². The van der Waals surface area contributed by atoms with Crippen LogP contribution in [0, 0.1) is 0 Å². The van der Waals surface area contributed by atoms with E-state index in [4.69, 9.17) is 9.29 Å². The number of unbranched alkanes of at least 4 members (excludes halogenated alkanes) is 13. The van der Waals surface area contributed by atoms with Crippen LogP contribution in [0.15, 0.2) is 24.3 Å². The monoisotopic (exact) mass is 493 g/mol. The van der Waals surface area contributed by atoms with Gasteiger partial charge < -0.3 is 11.5 Å². The summed E-state index contributed by atoms with van der Waals surface area (Å²) < 4.78 is 34.7. The van der Waals surface area contributed by atoms with E-state index in [1.54, 1.807) is 12.1 Å². The number of esters is 1. The normalized spacial score (nSPS) is 11.1. The van der Waals surface area contributed by atoms with Gasteiger partial charge in [0.15, 0.2) is 0 Å². The molecular formula is C25H44NNaO5S. The van der Waals surface area contributed by atoms with Gasteiger partial charge >= 0.3 is 35.5 Å². The van der Waals surface area contributed by atoms with Crippen molar-refractivity contribution in [3.63, 3.8) is 0 Å². The van der Waals surface area contributed by atoms with Crippen LogP contribution in [0.2, 0.25) is 0 Å². The fraction of sp³-hybridized carbons (Fsp3) is 0.720. The van der Waals surface area contributed by atoms with Crippen LogP contribution in [-0.2, 0) is 14.9 Å². The van der Waals surface area contributed by atoms with Gasteiger partial charge in [0.05, 0.1) is 5.56 Å². The molecule has 1 aromatic rings. The van der Waals surface area contributed by atoms with Crippen molar-refractivity contribution in [2.45, 2.75) is 96.8 Å². The number of hydrogen-bond acceptors (Lipinski definition) is 5. The molecule has 0 atom stereocenters. The van der Waals surface area contributed by atoms with Gasteiger partial charge in [-0.2, -0.15) is 8.42 Å². The fourth-order valence-corrected chi connectivity index (χ4v) is 3.89. The van der Waals surface area contributed by atoms with Crippen LogP contribution < -0.4 is 34.9 Å². The first kappa shape index (κ1) is 32.4. The first-order chi connectivity index (χ1) is 15.4. The summed E-state index contributed by atoms with van der Waals surface area (Å²) in [5.41, 5.74) is 1.29. The Bertz CT molecular complexity index is 717. The molecule has 0 fully saturated rings. The zero-order chi connectivity index (χ0) is 23.5. The molecule has 1 aromatic carbocycles. The van der Waals surface area contributed by atoms with Crippen LogP contribution in [0.25, 0.3) is 0 Å². The largest absolute Gasteiger partial charge is 1.00 e. The van der Waals surface area contributed by atoms with E-state index < -0.39 is 21.8 Å². The number of carbonyl (C=O) groups excluding carboxylic acids is 1. The van der Waals surface area contributed by atoms with E-state index in [0.29, 0.717) is 5.56 Å². The molecule has 2 N–H and O–H groups in total. The maximum Gasteiger partial charge on any atom is 1.00 e. The summed E-state index contributed by atoms with van der Waals surface area (Å²) in [6.45, 7) is 2.80. The molecule has 0 aliphatic heterocycles. The quantitative estimate of drug-likeness (QED) is 0.124. The molecule has 0 saturated heterocycles. The molecule has 0 saturated carbocycles. The van der Waals surface area contributed by atoms with E-state index in [0.717, 1.165) is 18.7 Å². The zero-order valence-corrected chi connectivity index (χ0v) is 23.6. The molecule has 0 unspecified atom stereocenters. The van der Waals surface area contributed by atoms with E-state index in [2.05, 4.69) is 12.2 Å². The predicted molar refractivity (Wildman–Crippen MR) is 133 cm³/mol. The number of anilines is 1. The van der Waals surface area contributed by atoms with Gasteiger partial charge in [-0.3, -0.25) is 4.55 Å². The molecule has 186 valence electrons. The van der Waals surface area contributed by atoms with Gasteiger partial charge in [-0.05, 0) is 30.7 Å². The van der Waals surface area contributed by atoms with Gasteiger partial charge in [0, 0.05) is 12.2 Å². The Kier molecular flexibility index (Phi) is 20.4. The third-order valence-electron chi connectivity index (χ3n) is 5.55. The fourth-order valence-electron chi connectivity index (χ4n) is 3.60. The van der Waals surface area contributed by atoms with E-state index >= 15 is 0 Å². The summed E-state index contributed by atoms with van der Waals surface area (Å²) in [6.07, 6.45) is 18.8. The van der Waals surface area contributed by atoms with Crippen LogP contribution >= 0.6 is 0 Å². The topological polar surface area (TPSA) is 92.7 Å². The minimum Gasteiger partial charge on any atom is -1.00 e. The first-order valence-corrected chi connectivity index (χ1v) is 14.0. The second-order valence-electron chi connectivity index (χ2n) is 8.52. The molecule has 0 bridgehead atoms. The maximum absolute atomic E-state index is 11.8. The Morgan fingerprint density at radius 1 is 0.848 bits per heavy atom. The summed E-state index contributed by atoms with van der Waals surface area (Å²) in [6, 6.07) is 6.90. The van der Waals surface area contributed by atoms with E-state index in [1.807, 2.05) is 12.1 Å². The maximum atomic E-state index is 11.8. The third kappa shape index (κ3) is 19.4. The van der Waals surface area contributed by atoms with Crippen molar-refractivity contribution in [3.05, 3.63) is 29.8 Å². The van der Waals surface area contributed by atoms with Gasteiger partial charge in [-0.1, -0.05) is 90.4 Å². The minimum atomic E-state index is -4.13. The van der Waals surface area contributed by atoms with Crippen molar-refractivity contribution >= 4 is 21.8 Å². The first-order valence-electron chi connectivity index (χ1n) is 12.4. The molecule has 0 aromatic heterocycles. The van der Waals surface area contributed by atoms with Gasteiger partial charge in [-0.15, -0.1) is 0 Å². The molecular weight excluding hydrogens is 449 g/mol. The van der Waals surface area contributed by atoms with Gasteiger partial charge in [0.1, 0.15) is 12.4 Å². The van der Waals surface area contributed by atoms with Gasteiger partial charge in [0.25, 0.3) is 10.1 Å². The van der Waals surface area contributed by atoms with E-state index in [1.165, 1.54) is 83.5 Å². The molecule has 0 aliphatic carbocycles. The zero-order valence-electron chi connectivity index (χ0n) is 21.8. The summed E-state index contributed by atoms with van der Waals surface area (Å²) in [7, 11) is -4.13. The Labute approximate surface area is 225 Å². The van der Waals surface area contributed by atoms with Gasteiger partial charge in [0.2, 0.25) is 0 Å². The number of ether oxygens (including phenoxy) is 1. The smallest absolute Gasteiger partial charge is 1.00 e. The molecule has 0 spiro atoms. The van der Waals surface area contributed by atoms with E-state index in [9.17, 15) is 13.2 Å². The van der Waals surface area contributed by atoms with Crippen molar-refractivity contribution in [1.29, 1.82) is 0 Å². The van der Waals surface area contributed by atoms with E-state index in [-0.39, 0.29) is 37.6 Å². The van der Waals surface area contributed by atoms with Crippen molar-refractivity contribution < 1.29 is 53.5 Å². The number of hydrogen-bond donors (Lipinski definition) is 2. The molecule has 1 rings (SSSR count). The number of benzene rings is 1. The number of nitrogens with one attached hydrogen (secondary N) is 1. The second-order valence-corrected chi connectivity index (χ2v) is 10.1. The van der Waals surface area contributed by atoms with Crippen molar-refractivity contribution in [3.8, 4) is 0 Å². The van der Waals surface area contributed by atoms with Crippen LogP contribution in [0.1, 0.15) is 109 Å². The predicted octanol–water partition coefficient (Wildman–Crippen LogP) is 3.74. The third-order valence-corrected chi connectivity index (χ3v) is 6.24. The number of rotatable bonds is 20. The summed E-state index contributed by atoms with van der Waals surface area (Å²) in [4.78, 5) is 11.8. The number of carbonyl (C=O) groups is 1. The molecule has 8 heteroatoms. The molecule has 0 aliphatic rings. The average Bonchev–Trinajstić information content (AvgIpc) is 2.76. The van der Waals surface area contributed by atoms with Crippen LogP contribution in [0.3, 0.4) is 0 Å². The minimum absolute atomic E-state index is 0. The summed E-state index contributed by atoms with van der Waals surface area (Å²) in [5, 5.41) is 3.35. The molecule has 33 heavy (non-hydrogen) atoms. The average molecular weight is 494 g/mol.